The van der Waals surface area contributed by atoms with Gasteiger partial charge in [0.1, 0.15) is 12.2 Å². The van der Waals surface area contributed by atoms with Gasteiger partial charge < -0.3 is 14.3 Å². The Balaban J connectivity index is 1.58. The highest BCUT2D eigenvalue weighted by atomic mass is 16.4. The number of rotatable bonds is 5. The second-order valence-corrected chi connectivity index (χ2v) is 4.80. The topological polar surface area (TPSA) is 81.7 Å². The molecule has 2 aromatic heterocycles. The van der Waals surface area contributed by atoms with Gasteiger partial charge in [0.25, 0.3) is 0 Å². The van der Waals surface area contributed by atoms with Crippen LogP contribution in [0.25, 0.3) is 0 Å². The summed E-state index contributed by atoms with van der Waals surface area (Å²) in [5, 5.41) is 19.1. The quantitative estimate of drug-likeness (QED) is 0.858. The Bertz CT molecular complexity index is 529. The van der Waals surface area contributed by atoms with E-state index in [1.165, 1.54) is 0 Å². The second-order valence-electron chi connectivity index (χ2n) is 4.80. The average molecular weight is 248 g/mol. The standard InChI is InChI=1S/C11H16N6O/c1-7(9-14-13-6-17(9)2)5-12-11-16-15-10(18-11)8-3-4-8/h6-8H,3-5H2,1-2H3,(H,12,16). The van der Waals surface area contributed by atoms with Crippen LogP contribution in [0.2, 0.25) is 0 Å². The van der Waals surface area contributed by atoms with Crippen LogP contribution >= 0.6 is 0 Å². The van der Waals surface area contributed by atoms with Crippen molar-refractivity contribution < 1.29 is 4.42 Å². The molecular formula is C11H16N6O. The van der Waals surface area contributed by atoms with Crippen LogP contribution in [0.5, 0.6) is 0 Å². The average Bonchev–Trinajstić information content (AvgIpc) is 2.95. The van der Waals surface area contributed by atoms with Gasteiger partial charge >= 0.3 is 6.01 Å². The van der Waals surface area contributed by atoms with Gasteiger partial charge in [-0.1, -0.05) is 12.0 Å². The van der Waals surface area contributed by atoms with E-state index < -0.39 is 0 Å². The van der Waals surface area contributed by atoms with Crippen LogP contribution in [0.1, 0.15) is 43.3 Å². The summed E-state index contributed by atoms with van der Waals surface area (Å²) in [6.07, 6.45) is 4.03. The van der Waals surface area contributed by atoms with E-state index in [1.54, 1.807) is 6.33 Å². The van der Waals surface area contributed by atoms with Crippen molar-refractivity contribution in [2.45, 2.75) is 31.6 Å². The van der Waals surface area contributed by atoms with Gasteiger partial charge in [0.05, 0.1) is 0 Å². The number of nitrogens with one attached hydrogen (secondary N) is 1. The number of hydrogen-bond acceptors (Lipinski definition) is 6. The summed E-state index contributed by atoms with van der Waals surface area (Å²) in [7, 11) is 1.93. The largest absolute Gasteiger partial charge is 0.408 e. The molecule has 96 valence electrons. The minimum atomic E-state index is 0.230. The number of anilines is 1. The van der Waals surface area contributed by atoms with Gasteiger partial charge in [-0.25, -0.2) is 0 Å². The van der Waals surface area contributed by atoms with Gasteiger partial charge in [-0.15, -0.1) is 15.3 Å². The maximum absolute atomic E-state index is 5.53. The van der Waals surface area contributed by atoms with E-state index in [9.17, 15) is 0 Å². The van der Waals surface area contributed by atoms with Crippen LogP contribution in [0.15, 0.2) is 10.7 Å². The number of nitrogens with zero attached hydrogens (tertiary/aromatic N) is 5. The van der Waals surface area contributed by atoms with E-state index >= 15 is 0 Å². The molecule has 1 aliphatic carbocycles. The first-order valence-corrected chi connectivity index (χ1v) is 6.15. The van der Waals surface area contributed by atoms with Crippen LogP contribution in [0.4, 0.5) is 6.01 Å². The predicted molar refractivity (Wildman–Crippen MR) is 64.2 cm³/mol. The van der Waals surface area contributed by atoms with Crippen molar-refractivity contribution in [1.82, 2.24) is 25.0 Å². The maximum atomic E-state index is 5.53. The molecule has 1 aliphatic rings. The van der Waals surface area contributed by atoms with Gasteiger partial charge in [-0.2, -0.15) is 0 Å². The van der Waals surface area contributed by atoms with Crippen molar-refractivity contribution in [3.63, 3.8) is 0 Å². The highest BCUT2D eigenvalue weighted by molar-refractivity contribution is 5.20. The van der Waals surface area contributed by atoms with E-state index in [-0.39, 0.29) is 5.92 Å². The molecule has 7 heteroatoms. The Morgan fingerprint density at radius 3 is 2.94 bits per heavy atom. The van der Waals surface area contributed by atoms with Gasteiger partial charge in [-0.3, -0.25) is 0 Å². The van der Waals surface area contributed by atoms with E-state index in [1.807, 2.05) is 11.6 Å². The molecule has 0 aliphatic heterocycles. The highest BCUT2D eigenvalue weighted by Gasteiger charge is 2.29. The van der Waals surface area contributed by atoms with Crippen LogP contribution in [-0.2, 0) is 7.05 Å². The molecular weight excluding hydrogens is 232 g/mol. The molecule has 0 amide bonds. The SMILES string of the molecule is CC(CNc1nnc(C2CC2)o1)c1nncn1C. The zero-order chi connectivity index (χ0) is 12.5. The molecule has 3 rings (SSSR count). The lowest BCUT2D eigenvalue weighted by Crippen LogP contribution is -2.13. The Hall–Kier alpha value is -1.92. The molecule has 1 saturated carbocycles. The first-order valence-electron chi connectivity index (χ1n) is 6.15. The van der Waals surface area contributed by atoms with Crippen molar-refractivity contribution in [2.75, 3.05) is 11.9 Å². The molecule has 1 N–H and O–H groups in total. The first-order chi connectivity index (χ1) is 8.74. The second kappa shape index (κ2) is 4.40. The first kappa shape index (κ1) is 11.2. The fraction of sp³-hybridized carbons (Fsp3) is 0.636. The van der Waals surface area contributed by atoms with Crippen molar-refractivity contribution in [3.8, 4) is 0 Å². The molecule has 1 fully saturated rings. The van der Waals surface area contributed by atoms with Crippen molar-refractivity contribution in [2.24, 2.45) is 7.05 Å². The third kappa shape index (κ3) is 2.20. The Kier molecular flexibility index (Phi) is 2.73. The minimum Gasteiger partial charge on any atom is -0.408 e. The van der Waals surface area contributed by atoms with Crippen molar-refractivity contribution in [1.29, 1.82) is 0 Å². The van der Waals surface area contributed by atoms with Crippen LogP contribution < -0.4 is 5.32 Å². The molecule has 7 nitrogen and oxygen atoms in total. The molecule has 0 saturated heterocycles. The molecule has 2 aromatic rings. The lowest BCUT2D eigenvalue weighted by atomic mass is 10.1. The molecule has 1 unspecified atom stereocenters. The third-order valence-corrected chi connectivity index (χ3v) is 3.11. The summed E-state index contributed by atoms with van der Waals surface area (Å²) < 4.78 is 7.44. The van der Waals surface area contributed by atoms with E-state index in [2.05, 4.69) is 32.6 Å². The van der Waals surface area contributed by atoms with Crippen LogP contribution in [0.3, 0.4) is 0 Å². The summed E-state index contributed by atoms with van der Waals surface area (Å²) in [6.45, 7) is 2.77. The van der Waals surface area contributed by atoms with E-state index in [4.69, 9.17) is 4.42 Å². The normalized spacial score (nSPS) is 16.8. The van der Waals surface area contributed by atoms with Crippen LogP contribution in [-0.4, -0.2) is 31.5 Å². The zero-order valence-electron chi connectivity index (χ0n) is 10.5. The summed E-state index contributed by atoms with van der Waals surface area (Å²) in [5.74, 6) is 2.41. The zero-order valence-corrected chi connectivity index (χ0v) is 10.5. The van der Waals surface area contributed by atoms with Gasteiger partial charge in [-0.05, 0) is 12.8 Å². The lowest BCUT2D eigenvalue weighted by Gasteiger charge is -2.09. The lowest BCUT2D eigenvalue weighted by molar-refractivity contribution is 0.504. The molecule has 0 bridgehead atoms. The Morgan fingerprint density at radius 1 is 1.44 bits per heavy atom. The van der Waals surface area contributed by atoms with E-state index in [0.717, 1.165) is 24.6 Å². The minimum absolute atomic E-state index is 0.230. The third-order valence-electron chi connectivity index (χ3n) is 3.11. The fourth-order valence-electron chi connectivity index (χ4n) is 1.87. The van der Waals surface area contributed by atoms with Crippen molar-refractivity contribution >= 4 is 6.01 Å². The van der Waals surface area contributed by atoms with Crippen molar-refractivity contribution in [3.05, 3.63) is 18.0 Å². The van der Waals surface area contributed by atoms with Gasteiger partial charge in [0.2, 0.25) is 5.89 Å². The van der Waals surface area contributed by atoms with Gasteiger partial charge in [0.15, 0.2) is 0 Å². The summed E-state index contributed by atoms with van der Waals surface area (Å²) in [4.78, 5) is 0. The number of hydrogen-bond donors (Lipinski definition) is 1. The fourth-order valence-corrected chi connectivity index (χ4v) is 1.87. The highest BCUT2D eigenvalue weighted by Crippen LogP contribution is 2.39. The Morgan fingerprint density at radius 2 is 2.28 bits per heavy atom. The van der Waals surface area contributed by atoms with Gasteiger partial charge in [0, 0.05) is 25.4 Å². The molecule has 0 spiro atoms. The smallest absolute Gasteiger partial charge is 0.315 e. The predicted octanol–water partition coefficient (Wildman–Crippen LogP) is 1.29. The maximum Gasteiger partial charge on any atom is 0.315 e. The molecule has 1 atom stereocenters. The number of aromatic nitrogens is 5. The molecule has 0 aromatic carbocycles. The Labute approximate surface area is 105 Å². The summed E-state index contributed by atoms with van der Waals surface area (Å²) in [6, 6.07) is 0.492. The number of aryl methyl sites for hydroxylation is 1. The van der Waals surface area contributed by atoms with Crippen LogP contribution in [0, 0.1) is 0 Å². The summed E-state index contributed by atoms with van der Waals surface area (Å²) >= 11 is 0. The molecule has 0 radical (unpaired) electrons. The summed E-state index contributed by atoms with van der Waals surface area (Å²) in [5.41, 5.74) is 0. The molecule has 18 heavy (non-hydrogen) atoms. The monoisotopic (exact) mass is 248 g/mol. The van der Waals surface area contributed by atoms with E-state index in [0.29, 0.717) is 18.5 Å². The molecule has 2 heterocycles.